The van der Waals surface area contributed by atoms with Gasteiger partial charge in [-0.25, -0.2) is 0 Å². The number of carbonyl (C=O) groups is 3. The van der Waals surface area contributed by atoms with Crippen LogP contribution in [0.4, 0.5) is 0 Å². The van der Waals surface area contributed by atoms with Gasteiger partial charge in [0.2, 0.25) is 0 Å². The number of carbonyl (C=O) groups excluding carboxylic acids is 2. The van der Waals surface area contributed by atoms with Gasteiger partial charge in [-0.05, 0) is 12.5 Å². The molecule has 2 atom stereocenters. The number of aliphatic hydroxyl groups is 1. The Hall–Kier alpha value is -1.83. The normalized spacial score (nSPS) is 13.2. The Morgan fingerprint density at radius 2 is 1.76 bits per heavy atom. The molecule has 0 aliphatic carbocycles. The molecule has 0 bridgehead atoms. The van der Waals surface area contributed by atoms with Crippen molar-refractivity contribution < 1.29 is 29.3 Å². The number of benzene rings is 1. The van der Waals surface area contributed by atoms with Crippen LogP contribution >= 0.6 is 23.2 Å². The van der Waals surface area contributed by atoms with Crippen molar-refractivity contribution in [1.29, 1.82) is 0 Å². The number of hydrogen-bond acceptors (Lipinski definition) is 5. The number of carboxylic acids is 1. The first-order chi connectivity index (χ1) is 11.7. The molecule has 25 heavy (non-hydrogen) atoms. The largest absolute Gasteiger partial charge is 0.481 e. The number of alkyl halides is 2. The summed E-state index contributed by atoms with van der Waals surface area (Å²) in [6, 6.07) is 5.91. The SMILES string of the molecule is Cc1ccc([C@H](O)C(COC(=O)CCC(=O)O)NC(=O)C(Cl)Cl)cc1. The van der Waals surface area contributed by atoms with E-state index in [9.17, 15) is 19.5 Å². The summed E-state index contributed by atoms with van der Waals surface area (Å²) in [6.45, 7) is 1.52. The zero-order valence-electron chi connectivity index (χ0n) is 13.4. The molecule has 138 valence electrons. The van der Waals surface area contributed by atoms with Gasteiger partial charge >= 0.3 is 11.9 Å². The van der Waals surface area contributed by atoms with Crippen molar-refractivity contribution in [2.75, 3.05) is 6.61 Å². The van der Waals surface area contributed by atoms with Crippen molar-refractivity contribution >= 4 is 41.0 Å². The molecule has 1 aromatic carbocycles. The summed E-state index contributed by atoms with van der Waals surface area (Å²) >= 11 is 11.0. The van der Waals surface area contributed by atoms with Crippen LogP contribution in [0.2, 0.25) is 0 Å². The Morgan fingerprint density at radius 3 is 2.28 bits per heavy atom. The van der Waals surface area contributed by atoms with Gasteiger partial charge in [-0.3, -0.25) is 14.4 Å². The maximum atomic E-state index is 11.7. The van der Waals surface area contributed by atoms with Crippen molar-refractivity contribution in [3.05, 3.63) is 35.4 Å². The van der Waals surface area contributed by atoms with Gasteiger partial charge in [0.1, 0.15) is 12.7 Å². The third-order valence-corrected chi connectivity index (χ3v) is 3.69. The summed E-state index contributed by atoms with van der Waals surface area (Å²) in [6.07, 6.45) is -1.87. The molecular formula is C16H19Cl2NO6. The first-order valence-corrected chi connectivity index (χ1v) is 8.28. The smallest absolute Gasteiger partial charge is 0.306 e. The fraction of sp³-hybridized carbons (Fsp3) is 0.438. The second kappa shape index (κ2) is 10.2. The van der Waals surface area contributed by atoms with E-state index in [1.54, 1.807) is 24.3 Å². The van der Waals surface area contributed by atoms with Crippen LogP contribution in [-0.4, -0.2) is 45.5 Å². The Morgan fingerprint density at radius 1 is 1.16 bits per heavy atom. The number of aliphatic carboxylic acids is 1. The molecule has 7 nitrogen and oxygen atoms in total. The third-order valence-electron chi connectivity index (χ3n) is 3.29. The highest BCUT2D eigenvalue weighted by atomic mass is 35.5. The van der Waals surface area contributed by atoms with Gasteiger partial charge in [-0.15, -0.1) is 0 Å². The summed E-state index contributed by atoms with van der Waals surface area (Å²) in [4.78, 5) is 32.3. The fourth-order valence-electron chi connectivity index (χ4n) is 1.92. The molecule has 0 radical (unpaired) electrons. The number of rotatable bonds is 9. The van der Waals surface area contributed by atoms with Crippen LogP contribution < -0.4 is 5.32 Å². The fourth-order valence-corrected chi connectivity index (χ4v) is 2.04. The second-order valence-corrected chi connectivity index (χ2v) is 6.44. The van der Waals surface area contributed by atoms with Crippen LogP contribution in [0.15, 0.2) is 24.3 Å². The lowest BCUT2D eigenvalue weighted by molar-refractivity contribution is -0.149. The lowest BCUT2D eigenvalue weighted by atomic mass is 10.0. The molecule has 1 aromatic rings. The predicted molar refractivity (Wildman–Crippen MR) is 91.4 cm³/mol. The van der Waals surface area contributed by atoms with Gasteiger partial charge in [-0.2, -0.15) is 0 Å². The van der Waals surface area contributed by atoms with Crippen molar-refractivity contribution in [2.24, 2.45) is 0 Å². The van der Waals surface area contributed by atoms with E-state index in [1.165, 1.54) is 0 Å². The quantitative estimate of drug-likeness (QED) is 0.436. The number of aliphatic hydroxyl groups excluding tert-OH is 1. The van der Waals surface area contributed by atoms with Crippen LogP contribution in [0.25, 0.3) is 0 Å². The summed E-state index contributed by atoms with van der Waals surface area (Å²) in [7, 11) is 0. The van der Waals surface area contributed by atoms with E-state index in [1.807, 2.05) is 6.92 Å². The molecule has 0 aliphatic heterocycles. The number of amides is 1. The minimum absolute atomic E-state index is 0.315. The number of aryl methyl sites for hydroxylation is 1. The molecule has 0 aliphatic rings. The molecule has 0 saturated heterocycles. The molecule has 0 heterocycles. The maximum Gasteiger partial charge on any atom is 0.306 e. The maximum absolute atomic E-state index is 11.7. The third kappa shape index (κ3) is 7.72. The molecule has 0 spiro atoms. The highest BCUT2D eigenvalue weighted by molar-refractivity contribution is 6.53. The Labute approximate surface area is 154 Å². The molecule has 9 heteroatoms. The minimum atomic E-state index is -1.35. The van der Waals surface area contributed by atoms with E-state index < -0.39 is 34.8 Å². The second-order valence-electron chi connectivity index (χ2n) is 5.35. The number of esters is 1. The Kier molecular flexibility index (Phi) is 8.68. The Bertz CT molecular complexity index is 605. The summed E-state index contributed by atoms with van der Waals surface area (Å²) in [5, 5.41) is 21.4. The van der Waals surface area contributed by atoms with Gasteiger partial charge < -0.3 is 20.3 Å². The van der Waals surface area contributed by atoms with E-state index in [0.29, 0.717) is 5.56 Å². The minimum Gasteiger partial charge on any atom is -0.481 e. The zero-order valence-corrected chi connectivity index (χ0v) is 15.0. The first-order valence-electron chi connectivity index (χ1n) is 7.41. The lowest BCUT2D eigenvalue weighted by Gasteiger charge is -2.24. The van der Waals surface area contributed by atoms with E-state index in [-0.39, 0.29) is 19.4 Å². The molecule has 1 amide bonds. The molecule has 1 rings (SSSR count). The van der Waals surface area contributed by atoms with Crippen molar-refractivity contribution in [2.45, 2.75) is 36.7 Å². The topological polar surface area (TPSA) is 113 Å². The molecule has 0 aromatic heterocycles. The monoisotopic (exact) mass is 391 g/mol. The summed E-state index contributed by atoms with van der Waals surface area (Å²) in [5.74, 6) is -2.64. The highest BCUT2D eigenvalue weighted by Gasteiger charge is 2.26. The first kappa shape index (κ1) is 21.2. The van der Waals surface area contributed by atoms with E-state index in [2.05, 4.69) is 5.32 Å². The van der Waals surface area contributed by atoms with Crippen LogP contribution in [0, 0.1) is 6.92 Å². The summed E-state index contributed by atoms with van der Waals surface area (Å²) in [5.41, 5.74) is 1.48. The van der Waals surface area contributed by atoms with Gasteiger partial charge in [0.15, 0.2) is 4.84 Å². The standard InChI is InChI=1S/C16H19Cl2NO6/c1-9-2-4-10(5-3-9)14(23)11(19-16(24)15(17)18)8-25-13(22)7-6-12(20)21/h2-5,11,14-15,23H,6-8H2,1H3,(H,19,24)(H,20,21)/t11?,14-/m0/s1. The van der Waals surface area contributed by atoms with Crippen molar-refractivity contribution in [1.82, 2.24) is 5.32 Å². The highest BCUT2D eigenvalue weighted by Crippen LogP contribution is 2.19. The average molecular weight is 392 g/mol. The summed E-state index contributed by atoms with van der Waals surface area (Å²) < 4.78 is 4.94. The van der Waals surface area contributed by atoms with E-state index in [0.717, 1.165) is 5.56 Å². The van der Waals surface area contributed by atoms with Crippen LogP contribution in [-0.2, 0) is 19.1 Å². The van der Waals surface area contributed by atoms with Crippen LogP contribution in [0.3, 0.4) is 0 Å². The number of ether oxygens (including phenoxy) is 1. The van der Waals surface area contributed by atoms with Gasteiger partial charge in [0.05, 0.1) is 18.9 Å². The molecule has 0 fully saturated rings. The zero-order chi connectivity index (χ0) is 19.0. The molecule has 0 saturated carbocycles. The number of nitrogens with one attached hydrogen (secondary N) is 1. The van der Waals surface area contributed by atoms with E-state index in [4.69, 9.17) is 33.0 Å². The molecule has 1 unspecified atom stereocenters. The number of carboxylic acid groups (broad SMARTS) is 1. The predicted octanol–water partition coefficient (Wildman–Crippen LogP) is 1.72. The lowest BCUT2D eigenvalue weighted by Crippen LogP contribution is -2.45. The van der Waals surface area contributed by atoms with Crippen molar-refractivity contribution in [3.63, 3.8) is 0 Å². The van der Waals surface area contributed by atoms with Gasteiger partial charge in [0, 0.05) is 0 Å². The average Bonchev–Trinajstić information content (AvgIpc) is 2.56. The van der Waals surface area contributed by atoms with Crippen molar-refractivity contribution in [3.8, 4) is 0 Å². The van der Waals surface area contributed by atoms with Gasteiger partial charge in [0.25, 0.3) is 5.91 Å². The number of hydrogen-bond donors (Lipinski definition) is 3. The number of halogens is 2. The molecular weight excluding hydrogens is 373 g/mol. The van der Waals surface area contributed by atoms with Gasteiger partial charge in [-0.1, -0.05) is 53.0 Å². The molecule has 3 N–H and O–H groups in total. The van der Waals surface area contributed by atoms with Crippen LogP contribution in [0.1, 0.15) is 30.1 Å². The van der Waals surface area contributed by atoms with E-state index >= 15 is 0 Å². The van der Waals surface area contributed by atoms with Crippen LogP contribution in [0.5, 0.6) is 0 Å². The Balaban J connectivity index is 2.77.